The summed E-state index contributed by atoms with van der Waals surface area (Å²) in [6.45, 7) is 20.4. The van der Waals surface area contributed by atoms with Crippen LogP contribution in [0.5, 0.6) is 0 Å². The number of carbonyl (C=O) groups excluding carboxylic acids is 4. The Morgan fingerprint density at radius 1 is 0.632 bits per heavy atom. The molecule has 0 aromatic carbocycles. The minimum absolute atomic E-state index is 0.107. The number of pyridine rings is 2. The van der Waals surface area contributed by atoms with E-state index in [0.29, 0.717) is 62.8 Å². The lowest BCUT2D eigenvalue weighted by atomic mass is 10.0. The van der Waals surface area contributed by atoms with Crippen molar-refractivity contribution in [2.75, 3.05) is 102 Å². The second-order valence-corrected chi connectivity index (χ2v) is 14.7. The predicted molar refractivity (Wildman–Crippen MR) is 226 cm³/mol. The van der Waals surface area contributed by atoms with Gasteiger partial charge in [0.15, 0.2) is 0 Å². The Bertz CT molecular complexity index is 1440. The van der Waals surface area contributed by atoms with Crippen molar-refractivity contribution >= 4 is 35.3 Å². The highest BCUT2D eigenvalue weighted by atomic mass is 16.5. The zero-order chi connectivity index (χ0) is 41.3. The third kappa shape index (κ3) is 17.4. The van der Waals surface area contributed by atoms with E-state index >= 15 is 0 Å². The molecule has 2 fully saturated rings. The van der Waals surface area contributed by atoms with E-state index in [4.69, 9.17) is 9.47 Å². The van der Waals surface area contributed by atoms with Crippen molar-refractivity contribution in [1.29, 1.82) is 0 Å². The van der Waals surface area contributed by atoms with Crippen LogP contribution in [0.3, 0.4) is 0 Å². The fraction of sp³-hybridized carbons (Fsp3) is 0.674. The van der Waals surface area contributed by atoms with Crippen molar-refractivity contribution in [3.05, 3.63) is 47.8 Å². The van der Waals surface area contributed by atoms with Crippen molar-refractivity contribution in [2.24, 2.45) is 5.92 Å². The van der Waals surface area contributed by atoms with Gasteiger partial charge in [-0.1, -0.05) is 47.0 Å². The monoisotopic (exact) mass is 795 g/mol. The quantitative estimate of drug-likeness (QED) is 0.153. The molecule has 318 valence electrons. The molecule has 0 spiro atoms. The van der Waals surface area contributed by atoms with Crippen molar-refractivity contribution < 1.29 is 28.7 Å². The molecule has 57 heavy (non-hydrogen) atoms. The van der Waals surface area contributed by atoms with Crippen LogP contribution >= 0.6 is 0 Å². The summed E-state index contributed by atoms with van der Waals surface area (Å²) in [7, 11) is 0. The maximum atomic E-state index is 12.3. The highest BCUT2D eigenvalue weighted by Gasteiger charge is 2.24. The largest absolute Gasteiger partial charge is 0.382 e. The number of piperazine rings is 2. The minimum Gasteiger partial charge on any atom is -0.382 e. The molecule has 2 aromatic rings. The molecule has 14 heteroatoms. The van der Waals surface area contributed by atoms with Crippen LogP contribution in [0, 0.1) is 5.92 Å². The number of anilines is 2. The lowest BCUT2D eigenvalue weighted by molar-refractivity contribution is -0.132. The standard InChI is InChI=1S/C22H36N4O3.C21H34N4O3/c1-3-5-8-21(27)26-14-12-25(13-15-26)20-10-9-19(18-24-20)22(28)23-11-7-17-29-16-6-4-2;1-4-17(3)15-20(26)25-12-10-24(11-13-25)19-8-7-18(16-23-19)21(27)22-9-6-14-28-5-2/h9-10,18H,3-8,11-17H2,1-2H3,(H,23,28);7-8,16-17H,4-6,9-15H2,1-3H3,(H,22,27). The Balaban J connectivity index is 0.000000306. The summed E-state index contributed by atoms with van der Waals surface area (Å²) in [6, 6.07) is 7.39. The van der Waals surface area contributed by atoms with E-state index < -0.39 is 0 Å². The molecule has 2 saturated heterocycles. The van der Waals surface area contributed by atoms with Crippen molar-refractivity contribution in [2.45, 2.75) is 92.4 Å². The first kappa shape index (κ1) is 47.1. The van der Waals surface area contributed by atoms with Crippen molar-refractivity contribution in [1.82, 2.24) is 30.4 Å². The second-order valence-electron chi connectivity index (χ2n) is 14.7. The van der Waals surface area contributed by atoms with E-state index in [1.807, 2.05) is 34.9 Å². The van der Waals surface area contributed by atoms with Gasteiger partial charge >= 0.3 is 0 Å². The van der Waals surface area contributed by atoms with E-state index in [-0.39, 0.29) is 23.6 Å². The van der Waals surface area contributed by atoms with Crippen LogP contribution in [0.2, 0.25) is 0 Å². The molecule has 4 rings (SSSR count). The number of amides is 4. The highest BCUT2D eigenvalue weighted by Crippen LogP contribution is 2.17. The number of hydrogen-bond acceptors (Lipinski definition) is 10. The molecule has 2 aliphatic rings. The van der Waals surface area contributed by atoms with E-state index in [1.165, 1.54) is 0 Å². The van der Waals surface area contributed by atoms with Crippen LogP contribution in [0.4, 0.5) is 11.6 Å². The summed E-state index contributed by atoms with van der Waals surface area (Å²) in [4.78, 5) is 65.9. The van der Waals surface area contributed by atoms with Gasteiger partial charge in [-0.15, -0.1) is 0 Å². The molecule has 4 amide bonds. The maximum Gasteiger partial charge on any atom is 0.252 e. The topological polar surface area (TPSA) is 150 Å². The molecule has 4 heterocycles. The summed E-state index contributed by atoms with van der Waals surface area (Å²) in [5, 5.41) is 5.79. The van der Waals surface area contributed by atoms with Crippen molar-refractivity contribution in [3.63, 3.8) is 0 Å². The average molecular weight is 795 g/mol. The summed E-state index contributed by atoms with van der Waals surface area (Å²) in [5.41, 5.74) is 1.12. The fourth-order valence-corrected chi connectivity index (χ4v) is 6.29. The molecular weight excluding hydrogens is 725 g/mol. The van der Waals surface area contributed by atoms with Crippen LogP contribution in [-0.2, 0) is 19.1 Å². The Morgan fingerprint density at radius 2 is 1.11 bits per heavy atom. The van der Waals surface area contributed by atoms with Crippen LogP contribution in [0.15, 0.2) is 36.7 Å². The first-order valence-electron chi connectivity index (χ1n) is 21.4. The Morgan fingerprint density at radius 3 is 1.54 bits per heavy atom. The van der Waals surface area contributed by atoms with Gasteiger partial charge in [-0.05, 0) is 62.8 Å². The number of nitrogens with zero attached hydrogens (tertiary/aromatic N) is 6. The molecule has 0 aliphatic carbocycles. The third-order valence-electron chi connectivity index (χ3n) is 10.2. The summed E-state index contributed by atoms with van der Waals surface area (Å²) in [5.74, 6) is 2.42. The predicted octanol–water partition coefficient (Wildman–Crippen LogP) is 5.18. The lowest BCUT2D eigenvalue weighted by Gasteiger charge is -2.35. The lowest BCUT2D eigenvalue weighted by Crippen LogP contribution is -2.49. The number of carbonyl (C=O) groups is 4. The molecule has 2 aliphatic heterocycles. The van der Waals surface area contributed by atoms with Gasteiger partial charge in [0.25, 0.3) is 11.8 Å². The first-order valence-corrected chi connectivity index (χ1v) is 21.4. The number of rotatable bonds is 22. The molecular formula is C43H70N8O6. The number of nitrogens with one attached hydrogen (secondary N) is 2. The molecule has 0 bridgehead atoms. The fourth-order valence-electron chi connectivity index (χ4n) is 6.29. The smallest absolute Gasteiger partial charge is 0.252 e. The number of unbranched alkanes of at least 4 members (excludes halogenated alkanes) is 2. The van der Waals surface area contributed by atoms with Gasteiger partial charge in [-0.25, -0.2) is 9.97 Å². The van der Waals surface area contributed by atoms with Gasteiger partial charge < -0.3 is 39.7 Å². The summed E-state index contributed by atoms with van der Waals surface area (Å²) in [6.07, 6.45) is 11.4. The molecule has 2 N–H and O–H groups in total. The van der Waals surface area contributed by atoms with Crippen LogP contribution < -0.4 is 20.4 Å². The summed E-state index contributed by atoms with van der Waals surface area (Å²) >= 11 is 0. The Hall–Kier alpha value is -4.30. The van der Waals surface area contributed by atoms with Gasteiger partial charge in [0.05, 0.1) is 11.1 Å². The number of aromatic nitrogens is 2. The van der Waals surface area contributed by atoms with Gasteiger partial charge in [-0.2, -0.15) is 0 Å². The minimum atomic E-state index is -0.115. The third-order valence-corrected chi connectivity index (χ3v) is 10.2. The molecule has 0 radical (unpaired) electrons. The Kier molecular flexibility index (Phi) is 22.6. The average Bonchev–Trinajstić information content (AvgIpc) is 3.25. The first-order chi connectivity index (χ1) is 27.7. The summed E-state index contributed by atoms with van der Waals surface area (Å²) < 4.78 is 10.7. The molecule has 1 unspecified atom stereocenters. The van der Waals surface area contributed by atoms with E-state index in [1.54, 1.807) is 18.5 Å². The van der Waals surface area contributed by atoms with Gasteiger partial charge in [0.1, 0.15) is 11.6 Å². The maximum absolute atomic E-state index is 12.3. The highest BCUT2D eigenvalue weighted by molar-refractivity contribution is 5.94. The van der Waals surface area contributed by atoms with Crippen molar-refractivity contribution in [3.8, 4) is 0 Å². The number of ether oxygens (including phenoxy) is 2. The SMILES string of the molecule is CCCCOCCCNC(=O)c1ccc(N2CCN(C(=O)CCCC)CC2)nc1.CCOCCCNC(=O)c1ccc(N2CCN(C(=O)CC(C)CC)CC2)nc1. The second kappa shape index (κ2) is 27.4. The van der Waals surface area contributed by atoms with Gasteiger partial charge in [0.2, 0.25) is 11.8 Å². The molecule has 0 saturated carbocycles. The van der Waals surface area contributed by atoms with E-state index in [0.717, 1.165) is 116 Å². The van der Waals surface area contributed by atoms with Gasteiger partial charge in [-0.3, -0.25) is 19.2 Å². The van der Waals surface area contributed by atoms with Crippen LogP contribution in [0.1, 0.15) is 113 Å². The molecule has 1 atom stereocenters. The molecule has 14 nitrogen and oxygen atoms in total. The Labute approximate surface area is 341 Å². The zero-order valence-electron chi connectivity index (χ0n) is 35.4. The van der Waals surface area contributed by atoms with Crippen LogP contribution in [-0.4, -0.2) is 135 Å². The van der Waals surface area contributed by atoms with Gasteiger partial charge in [0, 0.05) is 117 Å². The van der Waals surface area contributed by atoms with E-state index in [2.05, 4.69) is 58.1 Å². The normalized spacial score (nSPS) is 14.8. The van der Waals surface area contributed by atoms with Crippen LogP contribution in [0.25, 0.3) is 0 Å². The van der Waals surface area contributed by atoms with E-state index in [9.17, 15) is 19.2 Å². The number of hydrogen-bond donors (Lipinski definition) is 2. The zero-order valence-corrected chi connectivity index (χ0v) is 35.4. The molecule has 2 aromatic heterocycles.